The van der Waals surface area contributed by atoms with Crippen molar-refractivity contribution in [2.24, 2.45) is 0 Å². The maximum Gasteiger partial charge on any atom is 0.271 e. The molecule has 0 aliphatic rings. The molecule has 0 amide bonds. The third-order valence-electron chi connectivity index (χ3n) is 2.94. The molecule has 0 bridgehead atoms. The minimum Gasteiger partial charge on any atom is -0.258 e. The molecule has 3 rings (SSSR count). The zero-order chi connectivity index (χ0) is 13.4. The Kier molecular flexibility index (Phi) is 2.49. The van der Waals surface area contributed by atoms with E-state index in [0.717, 1.165) is 16.8 Å². The predicted octanol–water partition coefficient (Wildman–Crippen LogP) is 2.64. The monoisotopic (exact) mass is 254 g/mol. The molecule has 0 saturated carbocycles. The van der Waals surface area contributed by atoms with Crippen LogP contribution in [0.2, 0.25) is 0 Å². The third kappa shape index (κ3) is 1.93. The molecule has 3 aromatic rings. The molecule has 94 valence electrons. The van der Waals surface area contributed by atoms with Gasteiger partial charge in [-0.25, -0.2) is 4.68 Å². The van der Waals surface area contributed by atoms with Crippen molar-refractivity contribution < 1.29 is 4.92 Å². The number of rotatable bonds is 2. The zero-order valence-electron chi connectivity index (χ0n) is 10.1. The molecule has 1 aromatic carbocycles. The van der Waals surface area contributed by atoms with Crippen molar-refractivity contribution in [2.75, 3.05) is 0 Å². The van der Waals surface area contributed by atoms with Gasteiger partial charge in [-0.3, -0.25) is 15.1 Å². The van der Waals surface area contributed by atoms with E-state index >= 15 is 0 Å². The lowest BCUT2D eigenvalue weighted by molar-refractivity contribution is -0.384. The maximum absolute atomic E-state index is 10.7. The van der Waals surface area contributed by atoms with Crippen LogP contribution in [0.4, 0.5) is 5.69 Å². The summed E-state index contributed by atoms with van der Waals surface area (Å²) in [6.45, 7) is 1.95. The lowest BCUT2D eigenvalue weighted by Crippen LogP contribution is -1.99. The van der Waals surface area contributed by atoms with Gasteiger partial charge in [0, 0.05) is 29.4 Å². The number of non-ortho nitro benzene ring substituents is 1. The molecule has 0 spiro atoms. The molecule has 0 aliphatic carbocycles. The third-order valence-corrected chi connectivity index (χ3v) is 2.94. The number of hydrogen-bond donors (Lipinski definition) is 0. The number of fused-ring (bicyclic) bond motifs is 1. The fourth-order valence-electron chi connectivity index (χ4n) is 1.97. The highest BCUT2D eigenvalue weighted by Crippen LogP contribution is 2.21. The summed E-state index contributed by atoms with van der Waals surface area (Å²) in [6, 6.07) is 8.45. The first kappa shape index (κ1) is 11.3. The van der Waals surface area contributed by atoms with Crippen LogP contribution in [0.25, 0.3) is 16.6 Å². The minimum absolute atomic E-state index is 0.0445. The largest absolute Gasteiger partial charge is 0.271 e. The van der Waals surface area contributed by atoms with E-state index in [2.05, 4.69) is 10.1 Å². The van der Waals surface area contributed by atoms with Crippen molar-refractivity contribution in [2.45, 2.75) is 6.92 Å². The van der Waals surface area contributed by atoms with Crippen LogP contribution in [0.1, 0.15) is 5.69 Å². The Balaban J connectivity index is 2.15. The Morgan fingerprint density at radius 1 is 1.26 bits per heavy atom. The number of nitrogens with zero attached hydrogens (tertiary/aromatic N) is 4. The zero-order valence-corrected chi connectivity index (χ0v) is 10.1. The number of pyridine rings is 1. The van der Waals surface area contributed by atoms with Crippen molar-refractivity contribution in [3.63, 3.8) is 0 Å². The second-order valence-corrected chi connectivity index (χ2v) is 4.21. The molecule has 0 atom stereocenters. The maximum atomic E-state index is 10.7. The molecule has 6 nitrogen and oxygen atoms in total. The highest BCUT2D eigenvalue weighted by molar-refractivity contribution is 5.82. The standard InChI is InChI=1S/C13H10N4O2/c1-9-4-5-15-16(9)12-6-10-2-3-11(17(18)19)7-13(10)14-8-12/h2-8H,1H3. The van der Waals surface area contributed by atoms with Gasteiger partial charge in [-0.05, 0) is 25.1 Å². The Bertz CT molecular complexity index is 779. The van der Waals surface area contributed by atoms with E-state index in [1.54, 1.807) is 23.1 Å². The summed E-state index contributed by atoms with van der Waals surface area (Å²) in [5.74, 6) is 0. The second-order valence-electron chi connectivity index (χ2n) is 4.21. The highest BCUT2D eigenvalue weighted by atomic mass is 16.6. The van der Waals surface area contributed by atoms with Crippen LogP contribution in [-0.2, 0) is 0 Å². The molecule has 0 N–H and O–H groups in total. The Morgan fingerprint density at radius 2 is 2.11 bits per heavy atom. The van der Waals surface area contributed by atoms with Gasteiger partial charge in [0.15, 0.2) is 0 Å². The van der Waals surface area contributed by atoms with Crippen LogP contribution in [0, 0.1) is 17.0 Å². The lowest BCUT2D eigenvalue weighted by Gasteiger charge is -2.05. The van der Waals surface area contributed by atoms with Crippen LogP contribution in [0.3, 0.4) is 0 Å². The van der Waals surface area contributed by atoms with E-state index in [-0.39, 0.29) is 5.69 Å². The van der Waals surface area contributed by atoms with Gasteiger partial charge < -0.3 is 0 Å². The first-order chi connectivity index (χ1) is 9.15. The number of nitro groups is 1. The van der Waals surface area contributed by atoms with E-state index in [9.17, 15) is 10.1 Å². The first-order valence-electron chi connectivity index (χ1n) is 5.70. The molecule has 0 aliphatic heterocycles. The molecular weight excluding hydrogens is 244 g/mol. The summed E-state index contributed by atoms with van der Waals surface area (Å²) in [7, 11) is 0. The van der Waals surface area contributed by atoms with Crippen molar-refractivity contribution in [3.05, 3.63) is 58.5 Å². The van der Waals surface area contributed by atoms with Crippen molar-refractivity contribution in [3.8, 4) is 5.69 Å². The Labute approximate surface area is 108 Å². The summed E-state index contributed by atoms with van der Waals surface area (Å²) >= 11 is 0. The van der Waals surface area contributed by atoms with Crippen LogP contribution >= 0.6 is 0 Å². The normalized spacial score (nSPS) is 10.8. The average Bonchev–Trinajstić information content (AvgIpc) is 2.83. The topological polar surface area (TPSA) is 73.8 Å². The summed E-state index contributed by atoms with van der Waals surface area (Å²) in [6.07, 6.45) is 3.38. The smallest absolute Gasteiger partial charge is 0.258 e. The van der Waals surface area contributed by atoms with Gasteiger partial charge in [0.2, 0.25) is 0 Å². The summed E-state index contributed by atoms with van der Waals surface area (Å²) < 4.78 is 1.77. The number of benzene rings is 1. The second kappa shape index (κ2) is 4.16. The number of hydrogen-bond acceptors (Lipinski definition) is 4. The molecule has 0 saturated heterocycles. The van der Waals surface area contributed by atoms with E-state index < -0.39 is 4.92 Å². The van der Waals surface area contributed by atoms with E-state index in [4.69, 9.17) is 0 Å². The average molecular weight is 254 g/mol. The fraction of sp³-hybridized carbons (Fsp3) is 0.0769. The molecule has 2 heterocycles. The Morgan fingerprint density at radius 3 is 2.79 bits per heavy atom. The van der Waals surface area contributed by atoms with Gasteiger partial charge in [0.1, 0.15) is 0 Å². The van der Waals surface area contributed by atoms with Crippen molar-refractivity contribution >= 4 is 16.6 Å². The Hall–Kier alpha value is -2.76. The van der Waals surface area contributed by atoms with E-state index in [1.807, 2.05) is 19.1 Å². The quantitative estimate of drug-likeness (QED) is 0.520. The first-order valence-corrected chi connectivity index (χ1v) is 5.70. The van der Waals surface area contributed by atoms with Gasteiger partial charge in [0.05, 0.1) is 22.3 Å². The number of aryl methyl sites for hydroxylation is 1. The fourth-order valence-corrected chi connectivity index (χ4v) is 1.97. The van der Waals surface area contributed by atoms with Gasteiger partial charge in [-0.15, -0.1) is 0 Å². The molecule has 0 radical (unpaired) electrons. The predicted molar refractivity (Wildman–Crippen MR) is 70.3 cm³/mol. The van der Waals surface area contributed by atoms with Crippen LogP contribution in [-0.4, -0.2) is 19.7 Å². The lowest BCUT2D eigenvalue weighted by atomic mass is 10.2. The highest BCUT2D eigenvalue weighted by Gasteiger charge is 2.08. The summed E-state index contributed by atoms with van der Waals surface area (Å²) in [4.78, 5) is 14.5. The van der Waals surface area contributed by atoms with Gasteiger partial charge in [0.25, 0.3) is 5.69 Å². The van der Waals surface area contributed by atoms with Crippen molar-refractivity contribution in [1.29, 1.82) is 0 Å². The summed E-state index contributed by atoms with van der Waals surface area (Å²) in [5.41, 5.74) is 2.48. The van der Waals surface area contributed by atoms with Gasteiger partial charge >= 0.3 is 0 Å². The minimum atomic E-state index is -0.424. The summed E-state index contributed by atoms with van der Waals surface area (Å²) in [5, 5.41) is 15.8. The molecular formula is C13H10N4O2. The van der Waals surface area contributed by atoms with Crippen LogP contribution < -0.4 is 0 Å². The van der Waals surface area contributed by atoms with Gasteiger partial charge in [-0.2, -0.15) is 5.10 Å². The molecule has 19 heavy (non-hydrogen) atoms. The van der Waals surface area contributed by atoms with Crippen LogP contribution in [0.15, 0.2) is 42.7 Å². The molecule has 0 fully saturated rings. The SMILES string of the molecule is Cc1ccnn1-c1cnc2cc([N+](=O)[O-])ccc2c1. The molecule has 0 unspecified atom stereocenters. The van der Waals surface area contributed by atoms with Crippen molar-refractivity contribution in [1.82, 2.24) is 14.8 Å². The van der Waals surface area contributed by atoms with Gasteiger partial charge in [-0.1, -0.05) is 0 Å². The number of aromatic nitrogens is 3. The molecule has 6 heteroatoms. The molecule has 2 aromatic heterocycles. The van der Waals surface area contributed by atoms with E-state index in [1.165, 1.54) is 12.1 Å². The van der Waals surface area contributed by atoms with E-state index in [0.29, 0.717) is 5.52 Å². The van der Waals surface area contributed by atoms with Crippen LogP contribution in [0.5, 0.6) is 0 Å². The number of nitro benzene ring substituents is 1.